The van der Waals surface area contributed by atoms with Gasteiger partial charge in [0.2, 0.25) is 0 Å². The Morgan fingerprint density at radius 3 is 2.29 bits per heavy atom. The molecule has 2 aliphatic rings. The Labute approximate surface area is 196 Å². The number of hydrogen-bond donors (Lipinski definition) is 2. The van der Waals surface area contributed by atoms with Crippen molar-refractivity contribution in [3.63, 3.8) is 0 Å². The highest BCUT2D eigenvalue weighted by molar-refractivity contribution is 5.76. The van der Waals surface area contributed by atoms with Crippen LogP contribution in [0.15, 0.2) is 30.5 Å². The molecule has 0 saturated carbocycles. The van der Waals surface area contributed by atoms with Crippen LogP contribution in [-0.4, -0.2) is 74.1 Å². The molecule has 0 spiro atoms. The molecule has 186 valence electrons. The van der Waals surface area contributed by atoms with E-state index in [-0.39, 0.29) is 23.8 Å². The maximum atomic E-state index is 13.4. The lowest BCUT2D eigenvalue weighted by atomic mass is 10.0. The number of aromatic nitrogens is 2. The van der Waals surface area contributed by atoms with Crippen LogP contribution in [0.2, 0.25) is 0 Å². The number of hydrogen-bond acceptors (Lipinski definition) is 6. The average molecular weight is 482 g/mol. The second kappa shape index (κ2) is 9.55. The molecule has 1 aromatic heterocycles. The monoisotopic (exact) mass is 481 g/mol. The first-order chi connectivity index (χ1) is 16.0. The maximum Gasteiger partial charge on any atom is 0.416 e. The van der Waals surface area contributed by atoms with Gasteiger partial charge in [-0.15, -0.1) is 0 Å². The van der Waals surface area contributed by atoms with Crippen molar-refractivity contribution >= 4 is 11.7 Å². The summed E-state index contributed by atoms with van der Waals surface area (Å²) >= 11 is 0. The number of alkyl halides is 3. The second-order valence-corrected chi connectivity index (χ2v) is 9.13. The van der Waals surface area contributed by atoms with E-state index >= 15 is 0 Å². The summed E-state index contributed by atoms with van der Waals surface area (Å²) in [5, 5.41) is 22.2. The van der Waals surface area contributed by atoms with E-state index in [1.54, 1.807) is 11.0 Å². The molecule has 1 amide bonds. The molecule has 2 aliphatic heterocycles. The molecule has 11 heteroatoms. The summed E-state index contributed by atoms with van der Waals surface area (Å²) in [6.07, 6.45) is -2.87. The smallest absolute Gasteiger partial charge is 0.366 e. The van der Waals surface area contributed by atoms with Crippen LogP contribution in [-0.2, 0) is 12.7 Å². The van der Waals surface area contributed by atoms with Gasteiger partial charge in [-0.05, 0) is 50.5 Å². The van der Waals surface area contributed by atoms with Gasteiger partial charge >= 0.3 is 12.2 Å². The third kappa shape index (κ3) is 5.06. The van der Waals surface area contributed by atoms with E-state index in [0.29, 0.717) is 38.4 Å². The zero-order chi connectivity index (χ0) is 24.6. The fraction of sp³-hybridized carbons (Fsp3) is 0.565. The highest BCUT2D eigenvalue weighted by Gasteiger charge is 2.35. The van der Waals surface area contributed by atoms with Crippen LogP contribution in [0.4, 0.5) is 23.7 Å². The Balaban J connectivity index is 1.46. The first-order valence-corrected chi connectivity index (χ1v) is 11.5. The van der Waals surface area contributed by atoms with Crippen LogP contribution in [0.5, 0.6) is 0 Å². The molecule has 34 heavy (non-hydrogen) atoms. The van der Waals surface area contributed by atoms with E-state index in [1.807, 2.05) is 0 Å². The summed E-state index contributed by atoms with van der Waals surface area (Å²) in [6.45, 7) is 6.59. The molecule has 2 aromatic rings. The minimum atomic E-state index is -4.40. The fourth-order valence-corrected chi connectivity index (χ4v) is 4.85. The van der Waals surface area contributed by atoms with Crippen LogP contribution in [0.25, 0.3) is 0 Å². The second-order valence-electron chi connectivity index (χ2n) is 9.13. The van der Waals surface area contributed by atoms with Crippen molar-refractivity contribution < 1.29 is 28.2 Å². The van der Waals surface area contributed by atoms with Crippen molar-refractivity contribution in [3.8, 4) is 0 Å². The van der Waals surface area contributed by atoms with Crippen molar-refractivity contribution in [3.05, 3.63) is 47.3 Å². The number of carbonyl (C=O) groups excluding carboxylic acids is 1. The van der Waals surface area contributed by atoms with E-state index in [1.165, 1.54) is 18.3 Å². The molecule has 0 aliphatic carbocycles. The average Bonchev–Trinajstić information content (AvgIpc) is 3.41. The molecule has 2 atom stereocenters. The largest absolute Gasteiger partial charge is 0.416 e. The van der Waals surface area contributed by atoms with Gasteiger partial charge in [0.1, 0.15) is 5.69 Å². The number of amides is 1. The van der Waals surface area contributed by atoms with Gasteiger partial charge in [0.25, 0.3) is 0 Å². The standard InChI is InChI=1S/C23H30F3N5O3/c1-15-3-4-16(2)31(15)20-13-18(23(24,25)26)6-5-17(20)14-28-9-11-29(12-10-28)22(34)30-8-7-19(27-30)21(32)33/h5-8,13,15-16,21,32-33H,3-4,9-12,14H2,1-2H3. The first kappa shape index (κ1) is 24.5. The van der Waals surface area contributed by atoms with Crippen LogP contribution in [0.3, 0.4) is 0 Å². The molecule has 0 bridgehead atoms. The Morgan fingerprint density at radius 2 is 1.74 bits per heavy atom. The predicted molar refractivity (Wildman–Crippen MR) is 119 cm³/mol. The van der Waals surface area contributed by atoms with Gasteiger partial charge in [0.05, 0.1) is 5.56 Å². The summed E-state index contributed by atoms with van der Waals surface area (Å²) in [7, 11) is 0. The van der Waals surface area contributed by atoms with Crippen LogP contribution < -0.4 is 4.90 Å². The van der Waals surface area contributed by atoms with Crippen molar-refractivity contribution in [2.45, 2.75) is 57.8 Å². The maximum absolute atomic E-state index is 13.4. The molecule has 2 fully saturated rings. The number of piperazine rings is 1. The van der Waals surface area contributed by atoms with E-state index < -0.39 is 18.0 Å². The van der Waals surface area contributed by atoms with Gasteiger partial charge in [0, 0.05) is 56.7 Å². The SMILES string of the molecule is CC1CCC(C)N1c1cc(C(F)(F)F)ccc1CN1CCN(C(=O)n2ccc(C(O)O)n2)CC1. The quantitative estimate of drug-likeness (QED) is 0.653. The van der Waals surface area contributed by atoms with Crippen molar-refractivity contribution in [2.24, 2.45) is 0 Å². The van der Waals surface area contributed by atoms with Gasteiger partial charge < -0.3 is 20.0 Å². The molecule has 2 unspecified atom stereocenters. The lowest BCUT2D eigenvalue weighted by molar-refractivity contribution is -0.137. The van der Waals surface area contributed by atoms with E-state index in [0.717, 1.165) is 29.2 Å². The number of rotatable bonds is 4. The van der Waals surface area contributed by atoms with E-state index in [2.05, 4.69) is 28.7 Å². The molecule has 8 nitrogen and oxygen atoms in total. The molecule has 2 saturated heterocycles. The van der Waals surface area contributed by atoms with Gasteiger partial charge in [0.15, 0.2) is 6.29 Å². The number of nitrogens with zero attached hydrogens (tertiary/aromatic N) is 5. The Hall–Kier alpha value is -2.63. The van der Waals surface area contributed by atoms with Crippen molar-refractivity contribution in [1.29, 1.82) is 0 Å². The Bertz CT molecular complexity index is 1010. The van der Waals surface area contributed by atoms with Crippen LogP contribution >= 0.6 is 0 Å². The summed E-state index contributed by atoms with van der Waals surface area (Å²) in [5.41, 5.74) is 0.839. The number of aliphatic hydroxyl groups is 2. The molecule has 0 radical (unpaired) electrons. The first-order valence-electron chi connectivity index (χ1n) is 11.5. The lowest BCUT2D eigenvalue weighted by Crippen LogP contribution is -2.49. The van der Waals surface area contributed by atoms with E-state index in [4.69, 9.17) is 0 Å². The minimum Gasteiger partial charge on any atom is -0.366 e. The summed E-state index contributed by atoms with van der Waals surface area (Å²) in [6, 6.07) is 5.35. The zero-order valence-electron chi connectivity index (χ0n) is 19.2. The van der Waals surface area contributed by atoms with Gasteiger partial charge in [-0.3, -0.25) is 4.90 Å². The third-order valence-corrected chi connectivity index (χ3v) is 6.75. The zero-order valence-corrected chi connectivity index (χ0v) is 19.2. The van der Waals surface area contributed by atoms with Crippen LogP contribution in [0, 0.1) is 0 Å². The molecule has 1 aromatic carbocycles. The number of halogens is 3. The van der Waals surface area contributed by atoms with Gasteiger partial charge in [-0.2, -0.15) is 23.0 Å². The van der Waals surface area contributed by atoms with E-state index in [9.17, 15) is 28.2 Å². The number of benzene rings is 1. The van der Waals surface area contributed by atoms with Crippen LogP contribution in [0.1, 0.15) is 49.8 Å². The predicted octanol–water partition coefficient (Wildman–Crippen LogP) is 3.05. The van der Waals surface area contributed by atoms with Crippen molar-refractivity contribution in [1.82, 2.24) is 19.6 Å². The number of anilines is 1. The summed E-state index contributed by atoms with van der Waals surface area (Å²) in [4.78, 5) is 18.5. The molecular weight excluding hydrogens is 451 g/mol. The highest BCUT2D eigenvalue weighted by Crippen LogP contribution is 2.38. The lowest BCUT2D eigenvalue weighted by Gasteiger charge is -2.36. The number of carbonyl (C=O) groups is 1. The minimum absolute atomic E-state index is 0.00723. The van der Waals surface area contributed by atoms with Gasteiger partial charge in [-0.1, -0.05) is 6.07 Å². The normalized spacial score (nSPS) is 22.1. The van der Waals surface area contributed by atoms with Gasteiger partial charge in [-0.25, -0.2) is 4.79 Å². The highest BCUT2D eigenvalue weighted by atomic mass is 19.4. The fourth-order valence-electron chi connectivity index (χ4n) is 4.85. The molecule has 3 heterocycles. The molecule has 4 rings (SSSR count). The third-order valence-electron chi connectivity index (χ3n) is 6.75. The summed E-state index contributed by atoms with van der Waals surface area (Å²) < 4.78 is 41.4. The molecular formula is C23H30F3N5O3. The topological polar surface area (TPSA) is 85.1 Å². The number of aliphatic hydroxyl groups excluding tert-OH is 1. The summed E-state index contributed by atoms with van der Waals surface area (Å²) in [5.74, 6) is 0. The van der Waals surface area contributed by atoms with Crippen molar-refractivity contribution in [2.75, 3.05) is 31.1 Å². The molecule has 2 N–H and O–H groups in total. The Morgan fingerprint density at radius 1 is 1.09 bits per heavy atom. The Kier molecular flexibility index (Phi) is 6.88.